The van der Waals surface area contributed by atoms with Crippen LogP contribution in [0.2, 0.25) is 0 Å². The molecule has 1 aliphatic rings. The Morgan fingerprint density at radius 3 is 2.52 bits per heavy atom. The van der Waals surface area contributed by atoms with Crippen molar-refractivity contribution < 1.29 is 19.1 Å². The van der Waals surface area contributed by atoms with Crippen LogP contribution >= 0.6 is 0 Å². The number of carbonyl (C=O) groups excluding carboxylic acids is 2. The van der Waals surface area contributed by atoms with Crippen molar-refractivity contribution in [1.82, 2.24) is 5.32 Å². The van der Waals surface area contributed by atoms with Crippen molar-refractivity contribution in [3.05, 3.63) is 12.7 Å². The maximum Gasteiger partial charge on any atom is 0.408 e. The molecule has 1 aliphatic carbocycles. The number of alkyl carbamates (subject to hydrolysis) is 1. The molecule has 1 fully saturated rings. The van der Waals surface area contributed by atoms with Crippen molar-refractivity contribution in [2.75, 3.05) is 13.2 Å². The average molecular weight is 297 g/mol. The molecule has 0 aromatic carbocycles. The van der Waals surface area contributed by atoms with Crippen LogP contribution in [-0.2, 0) is 14.3 Å². The van der Waals surface area contributed by atoms with E-state index in [0.29, 0.717) is 25.9 Å². The van der Waals surface area contributed by atoms with Crippen molar-refractivity contribution in [2.24, 2.45) is 0 Å². The smallest absolute Gasteiger partial charge is 0.408 e. The number of rotatable bonds is 9. The fourth-order valence-corrected chi connectivity index (χ4v) is 2.48. The molecule has 0 unspecified atom stereocenters. The molecule has 1 amide bonds. The van der Waals surface area contributed by atoms with Gasteiger partial charge < -0.3 is 14.8 Å². The first-order valence-electron chi connectivity index (χ1n) is 7.87. The van der Waals surface area contributed by atoms with E-state index in [4.69, 9.17) is 9.47 Å². The maximum atomic E-state index is 12.3. The zero-order valence-corrected chi connectivity index (χ0v) is 13.0. The van der Waals surface area contributed by atoms with E-state index >= 15 is 0 Å². The number of ether oxygens (including phenoxy) is 2. The van der Waals surface area contributed by atoms with Crippen LogP contribution in [0.25, 0.3) is 0 Å². The second-order valence-corrected chi connectivity index (χ2v) is 5.47. The summed E-state index contributed by atoms with van der Waals surface area (Å²) in [7, 11) is 0. The first kappa shape index (κ1) is 17.5. The predicted octanol–water partition coefficient (Wildman–Crippen LogP) is 3.33. The summed E-state index contributed by atoms with van der Waals surface area (Å²) in [5.74, 6) is -0.322. The number of nitrogens with one attached hydrogen (secondary N) is 1. The summed E-state index contributed by atoms with van der Waals surface area (Å²) in [6.07, 6.45) is 7.78. The number of hydrogen-bond donors (Lipinski definition) is 1. The van der Waals surface area contributed by atoms with Crippen molar-refractivity contribution in [2.45, 2.75) is 63.8 Å². The van der Waals surface area contributed by atoms with Crippen LogP contribution in [0, 0.1) is 0 Å². The lowest BCUT2D eigenvalue weighted by Crippen LogP contribution is -2.53. The Morgan fingerprint density at radius 2 is 1.90 bits per heavy atom. The predicted molar refractivity (Wildman–Crippen MR) is 81.0 cm³/mol. The summed E-state index contributed by atoms with van der Waals surface area (Å²) in [6, 6.07) is 0. The van der Waals surface area contributed by atoms with E-state index in [1.807, 2.05) is 0 Å². The molecule has 0 heterocycles. The highest BCUT2D eigenvalue weighted by atomic mass is 16.6. The van der Waals surface area contributed by atoms with Gasteiger partial charge in [0.15, 0.2) is 0 Å². The zero-order chi connectivity index (χ0) is 15.6. The third-order valence-corrected chi connectivity index (χ3v) is 3.73. The van der Waals surface area contributed by atoms with E-state index in [-0.39, 0.29) is 12.6 Å². The van der Waals surface area contributed by atoms with Gasteiger partial charge in [-0.25, -0.2) is 9.59 Å². The fourth-order valence-electron chi connectivity index (χ4n) is 2.48. The van der Waals surface area contributed by atoms with Gasteiger partial charge in [-0.2, -0.15) is 0 Å². The summed E-state index contributed by atoms with van der Waals surface area (Å²) < 4.78 is 10.4. The number of unbranched alkanes of at least 4 members (excludes halogenated alkanes) is 2. The molecule has 21 heavy (non-hydrogen) atoms. The lowest BCUT2D eigenvalue weighted by atomic mass is 9.98. The van der Waals surface area contributed by atoms with Crippen LogP contribution in [0.5, 0.6) is 0 Å². The molecule has 0 bridgehead atoms. The molecule has 5 heteroatoms. The van der Waals surface area contributed by atoms with Gasteiger partial charge in [0.25, 0.3) is 0 Å². The number of esters is 1. The first-order valence-corrected chi connectivity index (χ1v) is 7.87. The van der Waals surface area contributed by atoms with E-state index in [1.165, 1.54) is 0 Å². The Balaban J connectivity index is 2.47. The van der Waals surface area contributed by atoms with Gasteiger partial charge >= 0.3 is 12.1 Å². The quantitative estimate of drug-likeness (QED) is 0.403. The number of hydrogen-bond acceptors (Lipinski definition) is 4. The molecule has 1 rings (SSSR count). The van der Waals surface area contributed by atoms with Gasteiger partial charge in [0.2, 0.25) is 0 Å². The van der Waals surface area contributed by atoms with Gasteiger partial charge in [0.05, 0.1) is 13.2 Å². The SMILES string of the molecule is C=CCCOC(=O)NC1(C(=O)OCCCCC)CCCC1. The molecule has 5 nitrogen and oxygen atoms in total. The van der Waals surface area contributed by atoms with Gasteiger partial charge in [-0.15, -0.1) is 6.58 Å². The van der Waals surface area contributed by atoms with Crippen molar-refractivity contribution in [3.8, 4) is 0 Å². The molecule has 1 saturated carbocycles. The summed E-state index contributed by atoms with van der Waals surface area (Å²) in [6.45, 7) is 6.36. The molecule has 0 spiro atoms. The van der Waals surface area contributed by atoms with Crippen LogP contribution < -0.4 is 5.32 Å². The van der Waals surface area contributed by atoms with Crippen LogP contribution in [0.3, 0.4) is 0 Å². The lowest BCUT2D eigenvalue weighted by molar-refractivity contribution is -0.151. The Hall–Kier alpha value is -1.52. The number of amides is 1. The molecule has 0 aliphatic heterocycles. The third-order valence-electron chi connectivity index (χ3n) is 3.73. The third kappa shape index (κ3) is 5.78. The van der Waals surface area contributed by atoms with Crippen LogP contribution in [0.4, 0.5) is 4.79 Å². The Bertz CT molecular complexity index is 348. The Kier molecular flexibility index (Phi) is 7.87. The van der Waals surface area contributed by atoms with Gasteiger partial charge in [-0.3, -0.25) is 0 Å². The van der Waals surface area contributed by atoms with E-state index in [9.17, 15) is 9.59 Å². The summed E-state index contributed by atoms with van der Waals surface area (Å²) in [5.41, 5.74) is -0.891. The first-order chi connectivity index (χ1) is 10.1. The normalized spacial score (nSPS) is 16.2. The summed E-state index contributed by atoms with van der Waals surface area (Å²) >= 11 is 0. The van der Waals surface area contributed by atoms with Crippen molar-refractivity contribution >= 4 is 12.1 Å². The van der Waals surface area contributed by atoms with E-state index in [0.717, 1.165) is 32.1 Å². The van der Waals surface area contributed by atoms with E-state index < -0.39 is 11.6 Å². The Morgan fingerprint density at radius 1 is 1.19 bits per heavy atom. The van der Waals surface area contributed by atoms with Gasteiger partial charge in [-0.1, -0.05) is 38.7 Å². The van der Waals surface area contributed by atoms with Crippen LogP contribution in [0.1, 0.15) is 58.3 Å². The molecule has 0 aromatic heterocycles. The second kappa shape index (κ2) is 9.42. The average Bonchev–Trinajstić information content (AvgIpc) is 2.93. The van der Waals surface area contributed by atoms with Gasteiger partial charge in [-0.05, 0) is 25.7 Å². The van der Waals surface area contributed by atoms with Crippen LogP contribution in [0.15, 0.2) is 12.7 Å². The van der Waals surface area contributed by atoms with Crippen molar-refractivity contribution in [1.29, 1.82) is 0 Å². The molecular formula is C16H27NO4. The lowest BCUT2D eigenvalue weighted by Gasteiger charge is -2.27. The van der Waals surface area contributed by atoms with E-state index in [1.54, 1.807) is 6.08 Å². The molecule has 0 radical (unpaired) electrons. The maximum absolute atomic E-state index is 12.3. The van der Waals surface area contributed by atoms with Gasteiger partial charge in [0.1, 0.15) is 5.54 Å². The topological polar surface area (TPSA) is 64.6 Å². The monoisotopic (exact) mass is 297 g/mol. The Labute approximate surface area is 127 Å². The highest BCUT2D eigenvalue weighted by Crippen LogP contribution is 2.31. The molecule has 0 saturated heterocycles. The minimum absolute atomic E-state index is 0.275. The molecule has 0 aromatic rings. The molecule has 1 N–H and O–H groups in total. The van der Waals surface area contributed by atoms with Gasteiger partial charge in [0, 0.05) is 0 Å². The van der Waals surface area contributed by atoms with Crippen LogP contribution in [-0.4, -0.2) is 30.8 Å². The zero-order valence-electron chi connectivity index (χ0n) is 13.0. The molecule has 0 atom stereocenters. The fraction of sp³-hybridized carbons (Fsp3) is 0.750. The standard InChI is InChI=1S/C16H27NO4/c1-3-5-9-13-20-14(18)16(10-7-8-11-16)17-15(19)21-12-6-4-2/h4H,2-3,5-13H2,1H3,(H,17,19). The summed E-state index contributed by atoms with van der Waals surface area (Å²) in [4.78, 5) is 24.1. The van der Waals surface area contributed by atoms with Crippen molar-refractivity contribution in [3.63, 3.8) is 0 Å². The minimum Gasteiger partial charge on any atom is -0.464 e. The van der Waals surface area contributed by atoms with E-state index in [2.05, 4.69) is 18.8 Å². The largest absolute Gasteiger partial charge is 0.464 e. The summed E-state index contributed by atoms with van der Waals surface area (Å²) in [5, 5.41) is 2.72. The second-order valence-electron chi connectivity index (χ2n) is 5.47. The highest BCUT2D eigenvalue weighted by molar-refractivity contribution is 5.86. The number of carbonyl (C=O) groups is 2. The highest BCUT2D eigenvalue weighted by Gasteiger charge is 2.44. The molecule has 120 valence electrons. The minimum atomic E-state index is -0.891. The molecular weight excluding hydrogens is 270 g/mol.